The molecule has 0 N–H and O–H groups in total. The minimum Gasteiger partial charge on any atom is -0.481 e. The maximum Gasteiger partial charge on any atom is 0.219 e. The fourth-order valence-electron chi connectivity index (χ4n) is 1.06. The third-order valence-electron chi connectivity index (χ3n) is 1.67. The Morgan fingerprint density at radius 3 is 2.64 bits per heavy atom. The monoisotopic (exact) mass is 152 g/mol. The van der Waals surface area contributed by atoms with E-state index in [9.17, 15) is 0 Å². The molecule has 1 heterocycles. The lowest BCUT2D eigenvalue weighted by molar-refractivity contribution is 0.391. The standard InChI is InChI=1S/C8H12N2O/c1-4-7-6(2)9-5-10-8(7)11-3/h5H,4H2,1-3H3. The quantitative estimate of drug-likeness (QED) is 0.641. The van der Waals surface area contributed by atoms with Crippen molar-refractivity contribution in [1.29, 1.82) is 0 Å². The van der Waals surface area contributed by atoms with Gasteiger partial charge in [-0.2, -0.15) is 0 Å². The highest BCUT2D eigenvalue weighted by molar-refractivity contribution is 5.28. The van der Waals surface area contributed by atoms with E-state index in [0.717, 1.165) is 17.7 Å². The van der Waals surface area contributed by atoms with Gasteiger partial charge in [0.1, 0.15) is 6.33 Å². The van der Waals surface area contributed by atoms with Gasteiger partial charge in [-0.3, -0.25) is 0 Å². The van der Waals surface area contributed by atoms with Crippen molar-refractivity contribution < 1.29 is 4.74 Å². The molecule has 0 atom stereocenters. The van der Waals surface area contributed by atoms with Gasteiger partial charge in [-0.25, -0.2) is 9.97 Å². The molecule has 0 unspecified atom stereocenters. The van der Waals surface area contributed by atoms with Gasteiger partial charge in [0.25, 0.3) is 0 Å². The Kier molecular flexibility index (Phi) is 2.41. The molecule has 0 aliphatic rings. The number of hydrogen-bond acceptors (Lipinski definition) is 3. The molecule has 0 fully saturated rings. The molecule has 0 aliphatic carbocycles. The Morgan fingerprint density at radius 2 is 2.18 bits per heavy atom. The zero-order valence-electron chi connectivity index (χ0n) is 7.09. The van der Waals surface area contributed by atoms with E-state index in [0.29, 0.717) is 5.88 Å². The molecule has 0 saturated heterocycles. The normalized spacial score (nSPS) is 9.73. The summed E-state index contributed by atoms with van der Waals surface area (Å²) in [6.07, 6.45) is 2.43. The Balaban J connectivity index is 3.13. The van der Waals surface area contributed by atoms with Crippen LogP contribution in [0.4, 0.5) is 0 Å². The number of aromatic nitrogens is 2. The SMILES string of the molecule is CCc1c(C)ncnc1OC. The molecule has 0 aliphatic heterocycles. The molecular formula is C8H12N2O. The van der Waals surface area contributed by atoms with Crippen molar-refractivity contribution in [2.24, 2.45) is 0 Å². The average molecular weight is 152 g/mol. The number of nitrogens with zero attached hydrogens (tertiary/aromatic N) is 2. The highest BCUT2D eigenvalue weighted by Gasteiger charge is 2.04. The zero-order chi connectivity index (χ0) is 8.27. The second-order valence-corrected chi connectivity index (χ2v) is 2.30. The van der Waals surface area contributed by atoms with E-state index in [1.165, 1.54) is 6.33 Å². The van der Waals surface area contributed by atoms with Gasteiger partial charge in [-0.15, -0.1) is 0 Å². The molecule has 0 saturated carbocycles. The number of hydrogen-bond donors (Lipinski definition) is 0. The van der Waals surface area contributed by atoms with Crippen LogP contribution in [0.1, 0.15) is 18.2 Å². The maximum atomic E-state index is 5.07. The predicted molar refractivity (Wildman–Crippen MR) is 42.7 cm³/mol. The Labute approximate surface area is 66.4 Å². The van der Waals surface area contributed by atoms with Crippen molar-refractivity contribution in [3.8, 4) is 5.88 Å². The van der Waals surface area contributed by atoms with Crippen LogP contribution in [0.3, 0.4) is 0 Å². The molecule has 1 aromatic heterocycles. The van der Waals surface area contributed by atoms with E-state index in [-0.39, 0.29) is 0 Å². The Morgan fingerprint density at radius 1 is 1.45 bits per heavy atom. The topological polar surface area (TPSA) is 35.0 Å². The van der Waals surface area contributed by atoms with Crippen LogP contribution in [-0.2, 0) is 6.42 Å². The predicted octanol–water partition coefficient (Wildman–Crippen LogP) is 1.36. The number of ether oxygens (including phenoxy) is 1. The van der Waals surface area contributed by atoms with Gasteiger partial charge in [0, 0.05) is 11.3 Å². The summed E-state index contributed by atoms with van der Waals surface area (Å²) in [5.74, 6) is 0.694. The smallest absolute Gasteiger partial charge is 0.219 e. The first kappa shape index (κ1) is 7.98. The summed E-state index contributed by atoms with van der Waals surface area (Å²) >= 11 is 0. The van der Waals surface area contributed by atoms with Crippen LogP contribution in [0.15, 0.2) is 6.33 Å². The lowest BCUT2D eigenvalue weighted by Gasteiger charge is -2.05. The summed E-state index contributed by atoms with van der Waals surface area (Å²) < 4.78 is 5.07. The minimum atomic E-state index is 0.694. The average Bonchev–Trinajstić information content (AvgIpc) is 2.04. The fraction of sp³-hybridized carbons (Fsp3) is 0.500. The van der Waals surface area contributed by atoms with Gasteiger partial charge < -0.3 is 4.74 Å². The number of methoxy groups -OCH3 is 1. The van der Waals surface area contributed by atoms with Crippen LogP contribution in [-0.4, -0.2) is 17.1 Å². The van der Waals surface area contributed by atoms with E-state index in [2.05, 4.69) is 16.9 Å². The molecule has 11 heavy (non-hydrogen) atoms. The van der Waals surface area contributed by atoms with Crippen molar-refractivity contribution in [2.45, 2.75) is 20.3 Å². The molecule has 3 heteroatoms. The van der Waals surface area contributed by atoms with E-state index in [4.69, 9.17) is 4.74 Å². The van der Waals surface area contributed by atoms with Gasteiger partial charge in [-0.1, -0.05) is 6.92 Å². The largest absolute Gasteiger partial charge is 0.481 e. The third kappa shape index (κ3) is 1.48. The molecule has 3 nitrogen and oxygen atoms in total. The number of rotatable bonds is 2. The second kappa shape index (κ2) is 3.32. The summed E-state index contributed by atoms with van der Waals surface area (Å²) in [6, 6.07) is 0. The fourth-order valence-corrected chi connectivity index (χ4v) is 1.06. The first-order valence-electron chi connectivity index (χ1n) is 3.64. The summed E-state index contributed by atoms with van der Waals surface area (Å²) in [5.41, 5.74) is 2.09. The van der Waals surface area contributed by atoms with Crippen LogP contribution in [0.25, 0.3) is 0 Å². The molecule has 0 amide bonds. The van der Waals surface area contributed by atoms with Gasteiger partial charge >= 0.3 is 0 Å². The Bertz CT molecular complexity index is 248. The third-order valence-corrected chi connectivity index (χ3v) is 1.67. The second-order valence-electron chi connectivity index (χ2n) is 2.30. The van der Waals surface area contributed by atoms with E-state index < -0.39 is 0 Å². The van der Waals surface area contributed by atoms with E-state index in [1.807, 2.05) is 6.92 Å². The minimum absolute atomic E-state index is 0.694. The molecule has 0 spiro atoms. The highest BCUT2D eigenvalue weighted by Crippen LogP contribution is 2.16. The first-order chi connectivity index (χ1) is 5.29. The van der Waals surface area contributed by atoms with Gasteiger partial charge in [0.05, 0.1) is 7.11 Å². The lowest BCUT2D eigenvalue weighted by Crippen LogP contribution is -1.98. The molecule has 0 radical (unpaired) electrons. The molecule has 0 aromatic carbocycles. The molecule has 1 rings (SSSR count). The van der Waals surface area contributed by atoms with E-state index >= 15 is 0 Å². The van der Waals surface area contributed by atoms with Gasteiger partial charge in [0.2, 0.25) is 5.88 Å². The summed E-state index contributed by atoms with van der Waals surface area (Å²) in [6.45, 7) is 4.03. The van der Waals surface area contributed by atoms with Gasteiger partial charge in [0.15, 0.2) is 0 Å². The van der Waals surface area contributed by atoms with Crippen molar-refractivity contribution in [3.63, 3.8) is 0 Å². The van der Waals surface area contributed by atoms with Crippen molar-refractivity contribution in [1.82, 2.24) is 9.97 Å². The zero-order valence-corrected chi connectivity index (χ0v) is 7.09. The summed E-state index contributed by atoms with van der Waals surface area (Å²) in [4.78, 5) is 8.06. The molecule has 0 bridgehead atoms. The Hall–Kier alpha value is -1.12. The maximum absolute atomic E-state index is 5.07. The van der Waals surface area contributed by atoms with E-state index in [1.54, 1.807) is 7.11 Å². The van der Waals surface area contributed by atoms with Crippen molar-refractivity contribution in [2.75, 3.05) is 7.11 Å². The summed E-state index contributed by atoms with van der Waals surface area (Å²) in [7, 11) is 1.63. The number of aryl methyl sites for hydroxylation is 1. The van der Waals surface area contributed by atoms with Crippen LogP contribution in [0.2, 0.25) is 0 Å². The molecule has 60 valence electrons. The molecular weight excluding hydrogens is 140 g/mol. The van der Waals surface area contributed by atoms with Crippen LogP contribution in [0, 0.1) is 6.92 Å². The van der Waals surface area contributed by atoms with Crippen LogP contribution in [0.5, 0.6) is 5.88 Å². The summed E-state index contributed by atoms with van der Waals surface area (Å²) in [5, 5.41) is 0. The van der Waals surface area contributed by atoms with Gasteiger partial charge in [-0.05, 0) is 13.3 Å². The van der Waals surface area contributed by atoms with Crippen molar-refractivity contribution in [3.05, 3.63) is 17.6 Å². The van der Waals surface area contributed by atoms with Crippen molar-refractivity contribution >= 4 is 0 Å². The first-order valence-corrected chi connectivity index (χ1v) is 3.64. The van der Waals surface area contributed by atoms with Crippen LogP contribution < -0.4 is 4.74 Å². The molecule has 1 aromatic rings. The van der Waals surface area contributed by atoms with Crippen LogP contribution >= 0.6 is 0 Å². The lowest BCUT2D eigenvalue weighted by atomic mass is 10.2. The highest BCUT2D eigenvalue weighted by atomic mass is 16.5.